The maximum absolute atomic E-state index is 12.6. The van der Waals surface area contributed by atoms with Crippen LogP contribution in [0.5, 0.6) is 0 Å². The summed E-state index contributed by atoms with van der Waals surface area (Å²) >= 11 is 0. The minimum Gasteiger partial charge on any atom is -0.353 e. The molecule has 5 nitrogen and oxygen atoms in total. The van der Waals surface area contributed by atoms with Gasteiger partial charge in [-0.3, -0.25) is 4.79 Å². The molecule has 0 spiro atoms. The van der Waals surface area contributed by atoms with Gasteiger partial charge in [0.1, 0.15) is 0 Å². The van der Waals surface area contributed by atoms with Crippen molar-refractivity contribution < 1.29 is 13.2 Å². The first-order chi connectivity index (χ1) is 12.0. The van der Waals surface area contributed by atoms with E-state index < -0.39 is 9.84 Å². The lowest BCUT2D eigenvalue weighted by Crippen LogP contribution is -2.48. The molecule has 2 N–H and O–H groups in total. The maximum Gasteiger partial charge on any atom is 0.221 e. The number of sulfone groups is 1. The Morgan fingerprint density at radius 1 is 1.12 bits per heavy atom. The van der Waals surface area contributed by atoms with Crippen molar-refractivity contribution in [3.8, 4) is 0 Å². The van der Waals surface area contributed by atoms with Crippen molar-refractivity contribution in [3.63, 3.8) is 0 Å². The van der Waals surface area contributed by atoms with E-state index in [1.54, 1.807) is 12.1 Å². The summed E-state index contributed by atoms with van der Waals surface area (Å²) < 4.78 is 25.1. The number of hydrogen-bond donors (Lipinski definition) is 2. The van der Waals surface area contributed by atoms with E-state index in [-0.39, 0.29) is 36.5 Å². The standard InChI is InChI=1S/C19H26N2O3S.ClH/c22-19(21-17-11-15-5-6-16(12-17)20-15)8-9-25(23,24)18-7-4-13-2-1-3-14(13)10-18;/h4,7,10,15-17,20H,1-3,5-6,8-9,11-12H2,(H,21,22);1H. The fraction of sp³-hybridized carbons (Fsp3) is 0.632. The Balaban J connectivity index is 0.00000196. The second kappa shape index (κ2) is 7.87. The van der Waals surface area contributed by atoms with Crippen LogP contribution in [0.2, 0.25) is 0 Å². The van der Waals surface area contributed by atoms with Gasteiger partial charge in [0.25, 0.3) is 0 Å². The number of carbonyl (C=O) groups excluding carboxylic acids is 1. The third-order valence-corrected chi connectivity index (χ3v) is 7.58. The quantitative estimate of drug-likeness (QED) is 0.796. The molecule has 2 bridgehead atoms. The monoisotopic (exact) mass is 398 g/mol. The van der Waals surface area contributed by atoms with Crippen molar-refractivity contribution in [2.75, 3.05) is 5.75 Å². The summed E-state index contributed by atoms with van der Waals surface area (Å²) in [5.74, 6) is -0.258. The highest BCUT2D eigenvalue weighted by Crippen LogP contribution is 2.27. The molecule has 1 aliphatic carbocycles. The van der Waals surface area contributed by atoms with Gasteiger partial charge in [-0.15, -0.1) is 12.4 Å². The average Bonchev–Trinajstić information content (AvgIpc) is 3.18. The third kappa shape index (κ3) is 4.24. The molecule has 2 unspecified atom stereocenters. The number of halogens is 1. The first kappa shape index (κ1) is 19.6. The Kier molecular flexibility index (Phi) is 5.94. The van der Waals surface area contributed by atoms with E-state index in [4.69, 9.17) is 0 Å². The lowest BCUT2D eigenvalue weighted by molar-refractivity contribution is -0.121. The highest BCUT2D eigenvalue weighted by Gasteiger charge is 2.34. The van der Waals surface area contributed by atoms with Crippen molar-refractivity contribution in [2.24, 2.45) is 0 Å². The zero-order valence-electron chi connectivity index (χ0n) is 14.9. The number of hydrogen-bond acceptors (Lipinski definition) is 4. The molecule has 1 aromatic carbocycles. The van der Waals surface area contributed by atoms with Crippen molar-refractivity contribution >= 4 is 28.2 Å². The SMILES string of the molecule is Cl.O=C(CCS(=O)(=O)c1ccc2c(c1)CCC2)NC1CC2CCC(C1)N2. The van der Waals surface area contributed by atoms with Gasteiger partial charge < -0.3 is 10.6 Å². The molecule has 2 atom stereocenters. The lowest BCUT2D eigenvalue weighted by Gasteiger charge is -2.29. The van der Waals surface area contributed by atoms with Gasteiger partial charge in [-0.2, -0.15) is 0 Å². The molecule has 144 valence electrons. The van der Waals surface area contributed by atoms with E-state index in [9.17, 15) is 13.2 Å². The molecular formula is C19H27ClN2O3S. The van der Waals surface area contributed by atoms with Crippen LogP contribution in [0.1, 0.15) is 49.7 Å². The number of carbonyl (C=O) groups is 1. The molecule has 26 heavy (non-hydrogen) atoms. The first-order valence-electron chi connectivity index (χ1n) is 9.39. The van der Waals surface area contributed by atoms with E-state index in [0.29, 0.717) is 17.0 Å². The summed E-state index contributed by atoms with van der Waals surface area (Å²) in [6, 6.07) is 6.65. The summed E-state index contributed by atoms with van der Waals surface area (Å²) in [5, 5.41) is 6.59. The van der Waals surface area contributed by atoms with E-state index >= 15 is 0 Å². The zero-order chi connectivity index (χ0) is 17.4. The predicted molar refractivity (Wildman–Crippen MR) is 103 cm³/mol. The van der Waals surface area contributed by atoms with E-state index in [2.05, 4.69) is 10.6 Å². The van der Waals surface area contributed by atoms with Crippen LogP contribution >= 0.6 is 12.4 Å². The largest absolute Gasteiger partial charge is 0.353 e. The van der Waals surface area contributed by atoms with Crippen LogP contribution in [0.25, 0.3) is 0 Å². The molecule has 2 fully saturated rings. The second-order valence-electron chi connectivity index (χ2n) is 7.73. The van der Waals surface area contributed by atoms with Crippen molar-refractivity contribution in [3.05, 3.63) is 29.3 Å². The summed E-state index contributed by atoms with van der Waals surface area (Å²) in [6.07, 6.45) is 7.42. The Hall–Kier alpha value is -1.11. The van der Waals surface area contributed by atoms with Gasteiger partial charge in [0.2, 0.25) is 5.91 Å². The van der Waals surface area contributed by atoms with Gasteiger partial charge in [-0.1, -0.05) is 6.07 Å². The Morgan fingerprint density at radius 2 is 1.81 bits per heavy atom. The summed E-state index contributed by atoms with van der Waals surface area (Å²) in [5.41, 5.74) is 2.41. The van der Waals surface area contributed by atoms with Crippen molar-refractivity contribution in [1.29, 1.82) is 0 Å². The molecule has 7 heteroatoms. The van der Waals surface area contributed by atoms with Gasteiger partial charge in [-0.05, 0) is 68.2 Å². The van der Waals surface area contributed by atoms with Crippen molar-refractivity contribution in [2.45, 2.75) is 74.4 Å². The van der Waals surface area contributed by atoms with Crippen LogP contribution in [0.3, 0.4) is 0 Å². The van der Waals surface area contributed by atoms with Gasteiger partial charge in [0, 0.05) is 24.5 Å². The molecule has 1 aromatic rings. The number of aryl methyl sites for hydroxylation is 2. The van der Waals surface area contributed by atoms with Crippen LogP contribution in [0.15, 0.2) is 23.1 Å². The van der Waals surface area contributed by atoms with Gasteiger partial charge in [0.15, 0.2) is 9.84 Å². The third-order valence-electron chi connectivity index (χ3n) is 5.87. The van der Waals surface area contributed by atoms with Crippen LogP contribution in [0, 0.1) is 0 Å². The number of piperidine rings is 1. The molecule has 0 saturated carbocycles. The minimum absolute atomic E-state index is 0. The number of fused-ring (bicyclic) bond motifs is 3. The first-order valence-corrected chi connectivity index (χ1v) is 11.0. The normalized spacial score (nSPS) is 26.8. The minimum atomic E-state index is -3.40. The van der Waals surface area contributed by atoms with Gasteiger partial charge >= 0.3 is 0 Å². The number of rotatable bonds is 5. The molecule has 2 saturated heterocycles. The Morgan fingerprint density at radius 3 is 2.54 bits per heavy atom. The lowest BCUT2D eigenvalue weighted by atomic mass is 10.00. The van der Waals surface area contributed by atoms with Crippen LogP contribution in [-0.4, -0.2) is 38.2 Å². The Labute approximate surface area is 161 Å². The molecule has 0 radical (unpaired) electrons. The second-order valence-corrected chi connectivity index (χ2v) is 9.84. The van der Waals surface area contributed by atoms with E-state index in [0.717, 1.165) is 37.7 Å². The van der Waals surface area contributed by atoms with E-state index in [1.165, 1.54) is 18.4 Å². The smallest absolute Gasteiger partial charge is 0.221 e. The van der Waals surface area contributed by atoms with Crippen LogP contribution < -0.4 is 10.6 Å². The topological polar surface area (TPSA) is 75.3 Å². The van der Waals surface area contributed by atoms with Crippen molar-refractivity contribution in [1.82, 2.24) is 10.6 Å². The predicted octanol–water partition coefficient (Wildman–Crippen LogP) is 2.16. The number of nitrogens with one attached hydrogen (secondary N) is 2. The van der Waals surface area contributed by atoms with E-state index in [1.807, 2.05) is 6.07 Å². The maximum atomic E-state index is 12.6. The fourth-order valence-electron chi connectivity index (χ4n) is 4.56. The summed E-state index contributed by atoms with van der Waals surface area (Å²) in [6.45, 7) is 0. The fourth-order valence-corrected chi connectivity index (χ4v) is 5.85. The Bertz CT molecular complexity index is 769. The summed E-state index contributed by atoms with van der Waals surface area (Å²) in [4.78, 5) is 12.6. The molecule has 1 amide bonds. The molecule has 0 aromatic heterocycles. The highest BCUT2D eigenvalue weighted by molar-refractivity contribution is 7.91. The van der Waals surface area contributed by atoms with Gasteiger partial charge in [-0.25, -0.2) is 8.42 Å². The number of amides is 1. The molecule has 2 aliphatic heterocycles. The zero-order valence-corrected chi connectivity index (χ0v) is 16.5. The molecule has 2 heterocycles. The number of benzene rings is 1. The average molecular weight is 399 g/mol. The molecular weight excluding hydrogens is 372 g/mol. The summed E-state index contributed by atoms with van der Waals surface area (Å²) in [7, 11) is -3.40. The molecule has 3 aliphatic rings. The highest BCUT2D eigenvalue weighted by atomic mass is 35.5. The van der Waals surface area contributed by atoms with Gasteiger partial charge in [0.05, 0.1) is 10.6 Å². The van der Waals surface area contributed by atoms with Crippen LogP contribution in [0.4, 0.5) is 0 Å². The van der Waals surface area contributed by atoms with Crippen LogP contribution in [-0.2, 0) is 27.5 Å². The molecule has 4 rings (SSSR count).